The van der Waals surface area contributed by atoms with E-state index in [4.69, 9.17) is 10.2 Å². The van der Waals surface area contributed by atoms with Crippen molar-refractivity contribution < 1.29 is 53.3 Å². The molecule has 186 valence electrons. The molecule has 0 aromatic carbocycles. The van der Waals surface area contributed by atoms with Crippen molar-refractivity contribution >= 4 is 22.7 Å². The Morgan fingerprint density at radius 2 is 0.906 bits per heavy atom. The van der Waals surface area contributed by atoms with Crippen molar-refractivity contribution in [1.82, 2.24) is 0 Å². The fraction of sp³-hybridized carbons (Fsp3) is 0.750. The van der Waals surface area contributed by atoms with Gasteiger partial charge in [-0.05, 0) is 12.8 Å². The predicted molar refractivity (Wildman–Crippen MR) is 126 cm³/mol. The van der Waals surface area contributed by atoms with E-state index < -0.39 is 0 Å². The van der Waals surface area contributed by atoms with Crippen LogP contribution >= 0.6 is 22.7 Å². The van der Waals surface area contributed by atoms with Crippen molar-refractivity contribution in [3.05, 3.63) is 32.2 Å². The first kappa shape index (κ1) is 32.1. The van der Waals surface area contributed by atoms with Crippen LogP contribution in [0.1, 0.15) is 85.4 Å². The summed E-state index contributed by atoms with van der Waals surface area (Å²) in [5.74, 6) is 0. The van der Waals surface area contributed by atoms with Crippen LogP contribution in [0.2, 0.25) is 0 Å². The fourth-order valence-corrected chi connectivity index (χ4v) is 6.04. The highest BCUT2D eigenvalue weighted by Gasteiger charge is 2.14. The van der Waals surface area contributed by atoms with Gasteiger partial charge in [0.05, 0.1) is 9.75 Å². The molecule has 0 unspecified atom stereocenters. The zero-order valence-corrected chi connectivity index (χ0v) is 24.6. The maximum absolute atomic E-state index is 9.09. The third-order valence-electron chi connectivity index (χ3n) is 6.04. The van der Waals surface area contributed by atoms with Crippen molar-refractivity contribution in [2.75, 3.05) is 13.2 Å². The summed E-state index contributed by atoms with van der Waals surface area (Å²) in [7, 11) is 0. The van der Waals surface area contributed by atoms with Crippen molar-refractivity contribution in [1.29, 1.82) is 0 Å². The molecular weight excluding hydrogens is 572 g/mol. The van der Waals surface area contributed by atoms with E-state index in [1.807, 2.05) is 0 Å². The Hall–Kier alpha value is 0.140. The number of hydrogen-bond donors (Lipinski definition) is 2. The van der Waals surface area contributed by atoms with Crippen LogP contribution in [0.5, 0.6) is 0 Å². The molecule has 0 spiro atoms. The number of halogens is 2. The summed E-state index contributed by atoms with van der Waals surface area (Å²) in [6.07, 6.45) is 15.0. The first-order valence-electron chi connectivity index (χ1n) is 11.8. The molecular formula is C24H42Br2N2O2S2. The van der Waals surface area contributed by atoms with Crippen molar-refractivity contribution in [2.45, 2.75) is 104 Å². The normalized spacial score (nSPS) is 10.8. The van der Waals surface area contributed by atoms with E-state index >= 15 is 0 Å². The summed E-state index contributed by atoms with van der Waals surface area (Å²) in [5.41, 5.74) is 7.11. The summed E-state index contributed by atoms with van der Waals surface area (Å²) in [6, 6.07) is 0. The van der Waals surface area contributed by atoms with Gasteiger partial charge in [-0.3, -0.25) is 0 Å². The first-order valence-corrected chi connectivity index (χ1v) is 13.6. The van der Waals surface area contributed by atoms with Crippen molar-refractivity contribution in [3.63, 3.8) is 0 Å². The lowest BCUT2D eigenvalue weighted by molar-refractivity contribution is -0.698. The second-order valence-electron chi connectivity index (χ2n) is 8.33. The summed E-state index contributed by atoms with van der Waals surface area (Å²) in [5, 5.41) is 18.2. The van der Waals surface area contributed by atoms with Gasteiger partial charge in [-0.15, -0.1) is 0 Å². The van der Waals surface area contributed by atoms with Crippen LogP contribution in [0.4, 0.5) is 0 Å². The number of aliphatic hydroxyl groups excluding tert-OH is 2. The van der Waals surface area contributed by atoms with Gasteiger partial charge < -0.3 is 44.2 Å². The van der Waals surface area contributed by atoms with Crippen LogP contribution in [0, 0.1) is 13.8 Å². The Balaban J connectivity index is 0.00000480. The van der Waals surface area contributed by atoms with Crippen LogP contribution in [-0.4, -0.2) is 23.4 Å². The number of thiazole rings is 2. The van der Waals surface area contributed by atoms with E-state index in [-0.39, 0.29) is 47.2 Å². The van der Waals surface area contributed by atoms with Crippen LogP contribution < -0.4 is 43.1 Å². The molecule has 0 bridgehead atoms. The molecule has 8 heteroatoms. The van der Waals surface area contributed by atoms with Crippen LogP contribution in [-0.2, 0) is 25.9 Å². The molecule has 0 saturated carbocycles. The Bertz CT molecular complexity index is 663. The van der Waals surface area contributed by atoms with Gasteiger partial charge in [-0.25, -0.2) is 0 Å². The number of hydrogen-bond acceptors (Lipinski definition) is 4. The first-order chi connectivity index (χ1) is 14.7. The minimum atomic E-state index is 0. The molecule has 4 nitrogen and oxygen atoms in total. The molecule has 0 aliphatic heterocycles. The highest BCUT2D eigenvalue weighted by molar-refractivity contribution is 7.09. The average Bonchev–Trinajstić information content (AvgIpc) is 3.26. The molecule has 0 fully saturated rings. The molecule has 0 aliphatic rings. The Labute approximate surface area is 224 Å². The number of unbranched alkanes of at least 4 members (excludes halogenated alkanes) is 9. The van der Waals surface area contributed by atoms with Gasteiger partial charge in [0.15, 0.2) is 11.4 Å². The lowest BCUT2D eigenvalue weighted by atomic mass is 10.1. The van der Waals surface area contributed by atoms with E-state index in [0.717, 1.165) is 25.9 Å². The molecule has 2 aromatic rings. The van der Waals surface area contributed by atoms with Gasteiger partial charge in [0.25, 0.3) is 0 Å². The van der Waals surface area contributed by atoms with Gasteiger partial charge in [0.1, 0.15) is 13.1 Å². The number of aromatic nitrogens is 2. The maximum atomic E-state index is 9.09. The second kappa shape index (κ2) is 19.4. The Morgan fingerprint density at radius 1 is 0.594 bits per heavy atom. The molecule has 2 rings (SSSR count). The smallest absolute Gasteiger partial charge is 0.225 e. The summed E-state index contributed by atoms with van der Waals surface area (Å²) >= 11 is 3.56. The molecule has 0 amide bonds. The fourth-order valence-electron chi connectivity index (χ4n) is 4.01. The molecule has 2 N–H and O–H groups in total. The second-order valence-corrected chi connectivity index (χ2v) is 10.2. The number of rotatable bonds is 17. The number of aliphatic hydroxyl groups is 2. The van der Waals surface area contributed by atoms with Crippen molar-refractivity contribution in [3.8, 4) is 0 Å². The molecule has 32 heavy (non-hydrogen) atoms. The molecule has 0 aliphatic carbocycles. The summed E-state index contributed by atoms with van der Waals surface area (Å²) in [6.45, 7) is 7.10. The summed E-state index contributed by atoms with van der Waals surface area (Å²) in [4.78, 5) is 2.65. The highest BCUT2D eigenvalue weighted by Crippen LogP contribution is 2.14. The highest BCUT2D eigenvalue weighted by atomic mass is 79.9. The standard InChI is InChI=1S/C24H42N2O2S2.2BrH/c1-21-23(13-17-27)29-19-25(21)15-11-9-7-5-3-4-6-8-10-12-16-26-20-30-24(14-18-28)22(26)2;;/h19-20,27-28H,3-18H2,1-2H3;2*1H/q+2;;/p-2. The molecule has 0 saturated heterocycles. The summed E-state index contributed by atoms with van der Waals surface area (Å²) < 4.78 is 4.72. The lowest BCUT2D eigenvalue weighted by Crippen LogP contribution is -3.00. The van der Waals surface area contributed by atoms with E-state index in [1.165, 1.54) is 85.4 Å². The molecule has 2 heterocycles. The van der Waals surface area contributed by atoms with Gasteiger partial charge in [0.2, 0.25) is 11.0 Å². The van der Waals surface area contributed by atoms with E-state index in [0.29, 0.717) is 0 Å². The van der Waals surface area contributed by atoms with Crippen LogP contribution in [0.3, 0.4) is 0 Å². The van der Waals surface area contributed by atoms with Gasteiger partial charge in [-0.2, -0.15) is 9.13 Å². The van der Waals surface area contributed by atoms with Crippen LogP contribution in [0.15, 0.2) is 11.0 Å². The minimum Gasteiger partial charge on any atom is -1.00 e. The monoisotopic (exact) mass is 612 g/mol. The predicted octanol–water partition coefficient (Wildman–Crippen LogP) is -1.32. The molecule has 0 radical (unpaired) electrons. The average molecular weight is 615 g/mol. The SMILES string of the molecule is Cc1c(CCO)sc[n+]1CCCCCCCCCCCC[n+]1csc(CCO)c1C.[Br-].[Br-]. The number of nitrogens with zero attached hydrogens (tertiary/aromatic N) is 2. The molecule has 2 aromatic heterocycles. The minimum absolute atomic E-state index is 0. The van der Waals surface area contributed by atoms with Gasteiger partial charge >= 0.3 is 0 Å². The third-order valence-corrected chi connectivity index (χ3v) is 8.33. The Kier molecular flexibility index (Phi) is 19.5. The zero-order chi connectivity index (χ0) is 21.6. The van der Waals surface area contributed by atoms with Gasteiger partial charge in [-0.1, -0.05) is 61.2 Å². The lowest BCUT2D eigenvalue weighted by Gasteiger charge is -2.02. The van der Waals surface area contributed by atoms with E-state index in [2.05, 4.69) is 34.0 Å². The van der Waals surface area contributed by atoms with E-state index in [9.17, 15) is 0 Å². The van der Waals surface area contributed by atoms with Gasteiger partial charge in [0, 0.05) is 52.7 Å². The largest absolute Gasteiger partial charge is 1.00 e. The van der Waals surface area contributed by atoms with Crippen LogP contribution in [0.25, 0.3) is 0 Å². The van der Waals surface area contributed by atoms with E-state index in [1.54, 1.807) is 22.7 Å². The maximum Gasteiger partial charge on any atom is 0.225 e. The molecule has 0 atom stereocenters. The topological polar surface area (TPSA) is 48.2 Å². The number of aryl methyl sites for hydroxylation is 2. The Morgan fingerprint density at radius 3 is 1.22 bits per heavy atom. The zero-order valence-electron chi connectivity index (χ0n) is 19.8. The third kappa shape index (κ3) is 11.5. The van der Waals surface area contributed by atoms with Crippen molar-refractivity contribution in [2.24, 2.45) is 0 Å². The quantitative estimate of drug-likeness (QED) is 0.172.